The van der Waals surface area contributed by atoms with Crippen molar-refractivity contribution in [1.82, 2.24) is 34.9 Å². The number of nitrogens with one attached hydrogen (secondary N) is 2. The van der Waals surface area contributed by atoms with Crippen molar-refractivity contribution in [2.75, 3.05) is 54.4 Å². The lowest BCUT2D eigenvalue weighted by molar-refractivity contribution is -0.134. The highest BCUT2D eigenvalue weighted by molar-refractivity contribution is 7.22. The molecule has 3 unspecified atom stereocenters. The number of fused-ring (bicyclic) bond motifs is 4. The summed E-state index contributed by atoms with van der Waals surface area (Å²) in [5.41, 5.74) is 7.07. The zero-order chi connectivity index (χ0) is 50.6. The van der Waals surface area contributed by atoms with Crippen LogP contribution in [0.5, 0.6) is 5.75 Å². The number of imide groups is 1. The zero-order valence-electron chi connectivity index (χ0n) is 41.8. The molecular weight excluding hydrogens is 953 g/mol. The van der Waals surface area contributed by atoms with E-state index in [1.54, 1.807) is 4.68 Å². The molecule has 380 valence electrons. The number of aromatic nitrogens is 5. The second-order valence-electron chi connectivity index (χ2n) is 20.9. The highest BCUT2D eigenvalue weighted by Gasteiger charge is 2.42. The van der Waals surface area contributed by atoms with Crippen LogP contribution in [0.25, 0.3) is 32.4 Å². The largest absolute Gasteiger partial charge is 0.490 e. The topological polar surface area (TPSA) is 188 Å². The van der Waals surface area contributed by atoms with E-state index in [2.05, 4.69) is 41.5 Å². The van der Waals surface area contributed by atoms with Gasteiger partial charge in [-0.25, -0.2) is 19.7 Å². The number of anilines is 3. The van der Waals surface area contributed by atoms with E-state index in [-0.39, 0.29) is 29.5 Å². The van der Waals surface area contributed by atoms with E-state index in [1.807, 2.05) is 92.8 Å². The van der Waals surface area contributed by atoms with Crippen molar-refractivity contribution in [3.8, 4) is 16.9 Å². The van der Waals surface area contributed by atoms with Crippen LogP contribution < -0.4 is 25.2 Å². The standard InChI is InChI=1S/C57H60N10O6S/c1-33-39(40-15-18-48(59-52(40)56(71)72)67-23-21-35-9-5-11-41(44(35)32-67)54(69)62-57-58-45-12-3-4-14-47(45)74-57)10-6-13-46(33)73-38-30-36-28-34(29-37(36)31-38)8-7-22-65-24-26-66(27-25-65)49-19-16-42-51(63-64(2)53(42)60-49)43-17-20-50(68)61-55(43)70/h3-6,9-16,18-19,34,36-38,43H,7-8,17,20-32H2,1-2H3,(H,71,72)(H,58,62,69)(H,61,68,70)/t34?,36-,37+,38?,43?. The first-order valence-corrected chi connectivity index (χ1v) is 27.0. The van der Waals surface area contributed by atoms with Gasteiger partial charge < -0.3 is 19.6 Å². The number of piperazine rings is 1. The Hall–Kier alpha value is -7.24. The van der Waals surface area contributed by atoms with Crippen LogP contribution >= 0.6 is 11.3 Å². The number of piperidine rings is 1. The van der Waals surface area contributed by atoms with E-state index in [0.29, 0.717) is 72.0 Å². The van der Waals surface area contributed by atoms with E-state index < -0.39 is 11.9 Å². The average Bonchev–Trinajstić information content (AvgIpc) is 4.18. The Balaban J connectivity index is 0.625. The van der Waals surface area contributed by atoms with Crippen LogP contribution in [0.15, 0.2) is 84.9 Å². The second kappa shape index (κ2) is 19.9. The molecule has 0 spiro atoms. The molecule has 17 heteroatoms. The van der Waals surface area contributed by atoms with E-state index in [0.717, 1.165) is 107 Å². The number of aromatic carboxylic acids is 1. The molecular formula is C57H60N10O6S. The number of pyridine rings is 2. The van der Waals surface area contributed by atoms with Gasteiger partial charge in [0.05, 0.1) is 27.9 Å². The molecule has 3 aromatic carbocycles. The minimum absolute atomic E-state index is 0.0139. The molecule has 5 aliphatic rings. The fourth-order valence-electron chi connectivity index (χ4n) is 12.7. The Morgan fingerprint density at radius 3 is 2.41 bits per heavy atom. The summed E-state index contributed by atoms with van der Waals surface area (Å²) in [5.74, 6) is 2.08. The van der Waals surface area contributed by atoms with E-state index in [1.165, 1.54) is 37.0 Å². The summed E-state index contributed by atoms with van der Waals surface area (Å²) in [5, 5.41) is 22.1. The molecule has 7 aromatic rings. The van der Waals surface area contributed by atoms with Crippen molar-refractivity contribution in [1.29, 1.82) is 0 Å². The quantitative estimate of drug-likeness (QED) is 0.0932. The van der Waals surface area contributed by atoms with Crippen molar-refractivity contribution < 1.29 is 29.0 Å². The summed E-state index contributed by atoms with van der Waals surface area (Å²) in [6.07, 6.45) is 8.66. The maximum Gasteiger partial charge on any atom is 0.355 e. The number of carbonyl (C=O) groups is 4. The number of thiazole rings is 1. The number of hydrogen-bond acceptors (Lipinski definition) is 13. The Morgan fingerprint density at radius 1 is 0.824 bits per heavy atom. The highest BCUT2D eigenvalue weighted by Crippen LogP contribution is 2.49. The average molecular weight is 1010 g/mol. The Labute approximate surface area is 433 Å². The second-order valence-corrected chi connectivity index (χ2v) is 22.0. The van der Waals surface area contributed by atoms with Gasteiger partial charge in [-0.1, -0.05) is 47.7 Å². The maximum atomic E-state index is 13.7. The Bertz CT molecular complexity index is 3300. The van der Waals surface area contributed by atoms with E-state index in [9.17, 15) is 24.3 Å². The van der Waals surface area contributed by atoms with Crippen molar-refractivity contribution in [3.63, 3.8) is 0 Å². The maximum absolute atomic E-state index is 13.7. The first kappa shape index (κ1) is 47.7. The number of amides is 3. The van der Waals surface area contributed by atoms with Gasteiger partial charge in [0.2, 0.25) is 11.8 Å². The van der Waals surface area contributed by atoms with Crippen molar-refractivity contribution in [2.45, 2.75) is 83.3 Å². The predicted octanol–water partition coefficient (Wildman–Crippen LogP) is 8.77. The van der Waals surface area contributed by atoms with Gasteiger partial charge in [-0.2, -0.15) is 5.10 Å². The number of carboxylic acids is 1. The molecule has 0 bridgehead atoms. The predicted molar refractivity (Wildman–Crippen MR) is 285 cm³/mol. The van der Waals surface area contributed by atoms with Gasteiger partial charge in [-0.05, 0) is 153 Å². The summed E-state index contributed by atoms with van der Waals surface area (Å²) in [6.45, 7) is 7.97. The summed E-state index contributed by atoms with van der Waals surface area (Å²) in [4.78, 5) is 72.3. The molecule has 0 radical (unpaired) electrons. The van der Waals surface area contributed by atoms with Crippen LogP contribution in [0.3, 0.4) is 0 Å². The molecule has 12 rings (SSSR count). The SMILES string of the molecule is Cc1c(OC2C[C@H]3CC(CCCN4CCN(c5ccc6c(C7CCC(=O)NC7=O)nn(C)c6n5)CC4)C[C@H]3C2)cccc1-c1ccc(N2CCc3cccc(C(=O)Nc4nc5ccccc5s4)c3C2)nc1C(=O)O. The Kier molecular flexibility index (Phi) is 12.8. The summed E-state index contributed by atoms with van der Waals surface area (Å²) in [7, 11) is 1.86. The van der Waals surface area contributed by atoms with Crippen LogP contribution in [0.1, 0.15) is 101 Å². The molecule has 2 saturated carbocycles. The molecule has 3 aliphatic heterocycles. The lowest BCUT2D eigenvalue weighted by atomic mass is 9.93. The number of ether oxygens (including phenoxy) is 1. The lowest BCUT2D eigenvalue weighted by Crippen LogP contribution is -2.47. The fraction of sp³-hybridized carbons (Fsp3) is 0.404. The molecule has 74 heavy (non-hydrogen) atoms. The number of nitrogens with zero attached hydrogens (tertiary/aromatic N) is 8. The molecule has 4 aromatic heterocycles. The van der Waals surface area contributed by atoms with Gasteiger partial charge in [-0.15, -0.1) is 0 Å². The van der Waals surface area contributed by atoms with Gasteiger partial charge in [0, 0.05) is 69.3 Å². The third-order valence-corrected chi connectivity index (χ3v) is 17.4. The molecule has 16 nitrogen and oxygen atoms in total. The lowest BCUT2D eigenvalue weighted by Gasteiger charge is -2.35. The van der Waals surface area contributed by atoms with Crippen molar-refractivity contribution >= 4 is 73.0 Å². The van der Waals surface area contributed by atoms with E-state index in [4.69, 9.17) is 14.7 Å². The van der Waals surface area contributed by atoms with Crippen molar-refractivity contribution in [3.05, 3.63) is 119 Å². The number of hydrogen-bond donors (Lipinski definition) is 3. The van der Waals surface area contributed by atoms with Gasteiger partial charge in [0.15, 0.2) is 16.5 Å². The molecule has 4 fully saturated rings. The van der Waals surface area contributed by atoms with Gasteiger partial charge in [0.25, 0.3) is 5.91 Å². The molecule has 3 N–H and O–H groups in total. The highest BCUT2D eigenvalue weighted by atomic mass is 32.1. The van der Waals surface area contributed by atoms with Crippen LogP contribution in [-0.2, 0) is 29.6 Å². The number of aryl methyl sites for hydroxylation is 1. The third-order valence-electron chi connectivity index (χ3n) is 16.4. The molecule has 3 amide bonds. The number of benzene rings is 3. The van der Waals surface area contributed by atoms with Crippen LogP contribution in [0, 0.1) is 24.7 Å². The number of carbonyl (C=O) groups excluding carboxylic acids is 3. The number of carboxylic acid groups (broad SMARTS) is 1. The number of para-hydroxylation sites is 1. The van der Waals surface area contributed by atoms with Crippen LogP contribution in [0.2, 0.25) is 0 Å². The first-order chi connectivity index (χ1) is 36.0. The van der Waals surface area contributed by atoms with Crippen molar-refractivity contribution in [2.24, 2.45) is 24.8 Å². The fourth-order valence-corrected chi connectivity index (χ4v) is 13.5. The summed E-state index contributed by atoms with van der Waals surface area (Å²) < 4.78 is 9.53. The first-order valence-electron chi connectivity index (χ1n) is 26.2. The molecule has 2 aliphatic carbocycles. The number of rotatable bonds is 13. The summed E-state index contributed by atoms with van der Waals surface area (Å²) >= 11 is 1.44. The summed E-state index contributed by atoms with van der Waals surface area (Å²) in [6, 6.07) is 27.3. The smallest absolute Gasteiger partial charge is 0.355 e. The third kappa shape index (κ3) is 9.35. The normalized spacial score (nSPS) is 22.0. The Morgan fingerprint density at radius 2 is 1.61 bits per heavy atom. The minimum Gasteiger partial charge on any atom is -0.490 e. The van der Waals surface area contributed by atoms with Crippen LogP contribution in [0.4, 0.5) is 16.8 Å². The monoisotopic (exact) mass is 1010 g/mol. The molecule has 7 heterocycles. The molecule has 5 atom stereocenters. The van der Waals surface area contributed by atoms with Gasteiger partial charge in [-0.3, -0.25) is 34.6 Å². The van der Waals surface area contributed by atoms with E-state index >= 15 is 0 Å². The zero-order valence-corrected chi connectivity index (χ0v) is 42.6. The van der Waals surface area contributed by atoms with Gasteiger partial charge in [0.1, 0.15) is 17.4 Å². The minimum atomic E-state index is -1.10. The van der Waals surface area contributed by atoms with Gasteiger partial charge >= 0.3 is 5.97 Å². The molecule has 2 saturated heterocycles. The van der Waals surface area contributed by atoms with Crippen LogP contribution in [-0.4, -0.2) is 104 Å².